The Kier molecular flexibility index (Phi) is 3.52. The van der Waals surface area contributed by atoms with E-state index in [1.54, 1.807) is 17.3 Å². The first-order valence-electron chi connectivity index (χ1n) is 7.18. The van der Waals surface area contributed by atoms with Gasteiger partial charge in [-0.2, -0.15) is 0 Å². The van der Waals surface area contributed by atoms with E-state index in [1.807, 2.05) is 11.5 Å². The smallest absolute Gasteiger partial charge is 0.242 e. The van der Waals surface area contributed by atoms with E-state index < -0.39 is 11.7 Å². The van der Waals surface area contributed by atoms with Crippen LogP contribution in [0.3, 0.4) is 0 Å². The molecule has 0 radical (unpaired) electrons. The number of amides is 1. The summed E-state index contributed by atoms with van der Waals surface area (Å²) < 4.78 is 7.57. The van der Waals surface area contributed by atoms with E-state index in [0.717, 1.165) is 31.7 Å². The van der Waals surface area contributed by atoms with Gasteiger partial charge in [0.25, 0.3) is 0 Å². The van der Waals surface area contributed by atoms with Crippen molar-refractivity contribution in [2.24, 2.45) is 0 Å². The number of nitrogens with zero attached hydrogens (tertiary/aromatic N) is 3. The normalized spacial score (nSPS) is 30.1. The average Bonchev–Trinajstić information content (AvgIpc) is 3.04. The zero-order valence-electron chi connectivity index (χ0n) is 11.8. The molecule has 2 aliphatic heterocycles. The Morgan fingerprint density at radius 2 is 2.45 bits per heavy atom. The van der Waals surface area contributed by atoms with Crippen molar-refractivity contribution in [3.63, 3.8) is 0 Å². The lowest BCUT2D eigenvalue weighted by atomic mass is 9.86. The Balaban J connectivity index is 1.62. The number of ether oxygens (including phenoxy) is 1. The van der Waals surface area contributed by atoms with Crippen molar-refractivity contribution in [3.8, 4) is 0 Å². The number of carbonyl (C=O) groups excluding carboxylic acids is 1. The first kappa shape index (κ1) is 13.6. The predicted octanol–water partition coefficient (Wildman–Crippen LogP) is 0.334. The van der Waals surface area contributed by atoms with Crippen LogP contribution in [0.15, 0.2) is 12.4 Å². The van der Waals surface area contributed by atoms with E-state index in [-0.39, 0.29) is 12.5 Å². The molecule has 20 heavy (non-hydrogen) atoms. The van der Waals surface area contributed by atoms with Gasteiger partial charge in [0.15, 0.2) is 0 Å². The van der Waals surface area contributed by atoms with Gasteiger partial charge in [-0.25, -0.2) is 4.98 Å². The molecule has 2 saturated heterocycles. The van der Waals surface area contributed by atoms with Crippen LogP contribution in [0.25, 0.3) is 0 Å². The fourth-order valence-corrected chi connectivity index (χ4v) is 3.18. The molecule has 110 valence electrons. The fraction of sp³-hybridized carbons (Fsp3) is 0.714. The van der Waals surface area contributed by atoms with E-state index >= 15 is 0 Å². The van der Waals surface area contributed by atoms with Crippen LogP contribution in [0.5, 0.6) is 0 Å². The molecular formula is C14H21N3O3. The van der Waals surface area contributed by atoms with E-state index in [9.17, 15) is 9.90 Å². The van der Waals surface area contributed by atoms with Gasteiger partial charge in [-0.05, 0) is 26.2 Å². The highest BCUT2D eigenvalue weighted by molar-refractivity contribution is 5.76. The summed E-state index contributed by atoms with van der Waals surface area (Å²) in [5.41, 5.74) is -0.401. The molecule has 0 aliphatic carbocycles. The molecule has 1 N–H and O–H groups in total. The number of hydrogen-bond donors (Lipinski definition) is 1. The summed E-state index contributed by atoms with van der Waals surface area (Å²) in [4.78, 5) is 18.1. The SMILES string of the molecule is Cc1nccn1CC(=O)N1CC[C@@]2(CCCO2)[C@@H](O)C1. The monoisotopic (exact) mass is 279 g/mol. The van der Waals surface area contributed by atoms with Crippen molar-refractivity contribution in [2.75, 3.05) is 19.7 Å². The van der Waals surface area contributed by atoms with Gasteiger partial charge in [0.05, 0.1) is 5.60 Å². The molecule has 0 saturated carbocycles. The third kappa shape index (κ3) is 2.33. The number of carbonyl (C=O) groups is 1. The fourth-order valence-electron chi connectivity index (χ4n) is 3.18. The van der Waals surface area contributed by atoms with Crippen molar-refractivity contribution in [1.29, 1.82) is 0 Å². The highest BCUT2D eigenvalue weighted by atomic mass is 16.5. The second kappa shape index (κ2) is 5.18. The molecule has 2 atom stereocenters. The third-order valence-electron chi connectivity index (χ3n) is 4.52. The molecule has 2 fully saturated rings. The summed E-state index contributed by atoms with van der Waals surface area (Å²) in [5, 5.41) is 10.3. The highest BCUT2D eigenvalue weighted by Crippen LogP contribution is 2.35. The second-order valence-electron chi connectivity index (χ2n) is 5.72. The van der Waals surface area contributed by atoms with Crippen LogP contribution in [-0.4, -0.2) is 56.9 Å². The van der Waals surface area contributed by atoms with Gasteiger partial charge < -0.3 is 19.3 Å². The van der Waals surface area contributed by atoms with Crippen LogP contribution >= 0.6 is 0 Å². The van der Waals surface area contributed by atoms with Gasteiger partial charge in [0.1, 0.15) is 18.5 Å². The highest BCUT2D eigenvalue weighted by Gasteiger charge is 2.46. The van der Waals surface area contributed by atoms with E-state index in [2.05, 4.69) is 4.98 Å². The Labute approximate surface area is 118 Å². The molecule has 1 aromatic rings. The van der Waals surface area contributed by atoms with Gasteiger partial charge in [-0.1, -0.05) is 0 Å². The van der Waals surface area contributed by atoms with Crippen LogP contribution in [-0.2, 0) is 16.1 Å². The van der Waals surface area contributed by atoms with E-state index in [0.29, 0.717) is 13.1 Å². The summed E-state index contributed by atoms with van der Waals surface area (Å²) >= 11 is 0. The van der Waals surface area contributed by atoms with Crippen molar-refractivity contribution in [1.82, 2.24) is 14.5 Å². The molecule has 0 unspecified atom stereocenters. The van der Waals surface area contributed by atoms with Gasteiger partial charge in [0.2, 0.25) is 5.91 Å². The van der Waals surface area contributed by atoms with Crippen LogP contribution in [0.2, 0.25) is 0 Å². The summed E-state index contributed by atoms with van der Waals surface area (Å²) in [6, 6.07) is 0. The number of aryl methyl sites for hydroxylation is 1. The maximum atomic E-state index is 12.3. The van der Waals surface area contributed by atoms with Crippen molar-refractivity contribution >= 4 is 5.91 Å². The molecule has 2 aliphatic rings. The predicted molar refractivity (Wildman–Crippen MR) is 72.1 cm³/mol. The van der Waals surface area contributed by atoms with Crippen molar-refractivity contribution in [3.05, 3.63) is 18.2 Å². The van der Waals surface area contributed by atoms with Crippen LogP contribution in [0.1, 0.15) is 25.1 Å². The molecule has 0 bridgehead atoms. The number of piperidine rings is 1. The standard InChI is InChI=1S/C14H21N3O3/c1-11-15-5-7-16(11)10-13(19)17-6-4-14(12(18)9-17)3-2-8-20-14/h5,7,12,18H,2-4,6,8-10H2,1H3/t12-,14-/m0/s1. The minimum Gasteiger partial charge on any atom is -0.388 e. The Morgan fingerprint density at radius 3 is 3.05 bits per heavy atom. The van der Waals surface area contributed by atoms with Crippen molar-refractivity contribution in [2.45, 2.75) is 44.4 Å². The maximum absolute atomic E-state index is 12.3. The van der Waals surface area contributed by atoms with Gasteiger partial charge in [-0.15, -0.1) is 0 Å². The second-order valence-corrected chi connectivity index (χ2v) is 5.72. The number of likely N-dealkylation sites (tertiary alicyclic amines) is 1. The molecule has 6 nitrogen and oxygen atoms in total. The number of aliphatic hydroxyl groups is 1. The topological polar surface area (TPSA) is 67.6 Å². The average molecular weight is 279 g/mol. The lowest BCUT2D eigenvalue weighted by Crippen LogP contribution is -2.56. The minimum atomic E-state index is -0.577. The van der Waals surface area contributed by atoms with Crippen LogP contribution < -0.4 is 0 Å². The molecule has 1 spiro atoms. The number of hydrogen-bond acceptors (Lipinski definition) is 4. The Hall–Kier alpha value is -1.40. The number of β-amino-alcohol motifs (C(OH)–C–C–N with tert-alkyl or cyclic N) is 1. The molecule has 1 amide bonds. The summed E-state index contributed by atoms with van der Waals surface area (Å²) in [7, 11) is 0. The lowest BCUT2D eigenvalue weighted by Gasteiger charge is -2.42. The number of rotatable bonds is 2. The quantitative estimate of drug-likeness (QED) is 0.847. The van der Waals surface area contributed by atoms with Crippen LogP contribution in [0.4, 0.5) is 0 Å². The first-order chi connectivity index (χ1) is 9.61. The van der Waals surface area contributed by atoms with Crippen LogP contribution in [0, 0.1) is 6.92 Å². The molecule has 3 rings (SSSR count). The molecule has 6 heteroatoms. The molecule has 3 heterocycles. The van der Waals surface area contributed by atoms with E-state index in [1.165, 1.54) is 0 Å². The van der Waals surface area contributed by atoms with Crippen molar-refractivity contribution < 1.29 is 14.6 Å². The summed E-state index contributed by atoms with van der Waals surface area (Å²) in [6.07, 6.45) is 5.54. The van der Waals surface area contributed by atoms with Gasteiger partial charge in [0, 0.05) is 32.1 Å². The third-order valence-corrected chi connectivity index (χ3v) is 4.52. The lowest BCUT2D eigenvalue weighted by molar-refractivity contribution is -0.153. The zero-order valence-corrected chi connectivity index (χ0v) is 11.8. The summed E-state index contributed by atoms with van der Waals surface area (Å²) in [5.74, 6) is 0.851. The first-order valence-corrected chi connectivity index (χ1v) is 7.18. The summed E-state index contributed by atoms with van der Waals surface area (Å²) in [6.45, 7) is 3.90. The number of imidazole rings is 1. The molecule has 0 aromatic carbocycles. The molecular weight excluding hydrogens is 258 g/mol. The number of aliphatic hydroxyl groups excluding tert-OH is 1. The van der Waals surface area contributed by atoms with Gasteiger partial charge >= 0.3 is 0 Å². The molecule has 1 aromatic heterocycles. The maximum Gasteiger partial charge on any atom is 0.242 e. The zero-order chi connectivity index (χ0) is 14.2. The van der Waals surface area contributed by atoms with Gasteiger partial charge in [-0.3, -0.25) is 4.79 Å². The largest absolute Gasteiger partial charge is 0.388 e. The minimum absolute atomic E-state index is 0.0259. The Morgan fingerprint density at radius 1 is 1.60 bits per heavy atom. The van der Waals surface area contributed by atoms with E-state index in [4.69, 9.17) is 4.74 Å². The number of aromatic nitrogens is 2. The Bertz CT molecular complexity index is 494.